The van der Waals surface area contributed by atoms with Crippen LogP contribution in [0.4, 0.5) is 14.6 Å². The van der Waals surface area contributed by atoms with Gasteiger partial charge in [0.1, 0.15) is 11.6 Å². The van der Waals surface area contributed by atoms with E-state index >= 15 is 0 Å². The van der Waals surface area contributed by atoms with Crippen LogP contribution < -0.4 is 5.32 Å². The number of phenolic OH excluding ortho intramolecular Hbond substituents is 1. The van der Waals surface area contributed by atoms with Gasteiger partial charge in [0.25, 0.3) is 0 Å². The van der Waals surface area contributed by atoms with E-state index in [-0.39, 0.29) is 11.9 Å². The molecular formula is C20H16F2N4O. The average molecular weight is 366 g/mol. The van der Waals surface area contributed by atoms with Crippen molar-refractivity contribution in [3.05, 3.63) is 78.0 Å². The van der Waals surface area contributed by atoms with Gasteiger partial charge >= 0.3 is 0 Å². The van der Waals surface area contributed by atoms with E-state index in [1.165, 1.54) is 24.3 Å². The van der Waals surface area contributed by atoms with Crippen molar-refractivity contribution in [3.63, 3.8) is 0 Å². The lowest BCUT2D eigenvalue weighted by Crippen LogP contribution is -2.09. The third-order valence-corrected chi connectivity index (χ3v) is 4.32. The Morgan fingerprint density at radius 2 is 1.93 bits per heavy atom. The number of hydrogen-bond acceptors (Lipinski definition) is 4. The van der Waals surface area contributed by atoms with Gasteiger partial charge in [0, 0.05) is 5.56 Å². The zero-order chi connectivity index (χ0) is 19.0. The summed E-state index contributed by atoms with van der Waals surface area (Å²) in [6.45, 7) is 1.91. The Balaban J connectivity index is 1.68. The third kappa shape index (κ3) is 3.31. The van der Waals surface area contributed by atoms with Gasteiger partial charge in [-0.25, -0.2) is 18.3 Å². The Morgan fingerprint density at radius 1 is 1.07 bits per heavy atom. The summed E-state index contributed by atoms with van der Waals surface area (Å²) in [5.74, 6) is -0.842. The van der Waals surface area contributed by atoms with Crippen LogP contribution in [0.15, 0.2) is 60.8 Å². The zero-order valence-electron chi connectivity index (χ0n) is 14.4. The number of anilines is 1. The summed E-state index contributed by atoms with van der Waals surface area (Å²) in [6.07, 6.45) is 1.61. The second kappa shape index (κ2) is 6.68. The van der Waals surface area contributed by atoms with Crippen molar-refractivity contribution in [2.75, 3.05) is 5.32 Å². The third-order valence-electron chi connectivity index (χ3n) is 4.32. The van der Waals surface area contributed by atoms with Gasteiger partial charge in [-0.2, -0.15) is 0 Å². The minimum absolute atomic E-state index is 0.160. The number of benzene rings is 2. The summed E-state index contributed by atoms with van der Waals surface area (Å²) in [5, 5.41) is 17.4. The van der Waals surface area contributed by atoms with E-state index in [4.69, 9.17) is 0 Å². The van der Waals surface area contributed by atoms with Crippen molar-refractivity contribution in [3.8, 4) is 17.0 Å². The molecule has 2 aromatic heterocycles. The summed E-state index contributed by atoms with van der Waals surface area (Å²) in [5.41, 5.74) is 2.61. The van der Waals surface area contributed by atoms with Crippen LogP contribution in [-0.4, -0.2) is 19.7 Å². The van der Waals surface area contributed by atoms with Gasteiger partial charge in [-0.15, -0.1) is 5.10 Å². The van der Waals surface area contributed by atoms with E-state index in [2.05, 4.69) is 15.4 Å². The van der Waals surface area contributed by atoms with Crippen LogP contribution in [0, 0.1) is 11.6 Å². The van der Waals surface area contributed by atoms with E-state index < -0.39 is 11.6 Å². The summed E-state index contributed by atoms with van der Waals surface area (Å²) < 4.78 is 28.4. The highest BCUT2D eigenvalue weighted by Gasteiger charge is 2.12. The van der Waals surface area contributed by atoms with Gasteiger partial charge in [-0.1, -0.05) is 12.1 Å². The van der Waals surface area contributed by atoms with Gasteiger partial charge in [0.05, 0.1) is 17.9 Å². The molecule has 0 amide bonds. The molecular weight excluding hydrogens is 350 g/mol. The zero-order valence-corrected chi connectivity index (χ0v) is 14.4. The second-order valence-corrected chi connectivity index (χ2v) is 6.22. The van der Waals surface area contributed by atoms with Crippen molar-refractivity contribution in [2.45, 2.75) is 13.0 Å². The quantitative estimate of drug-likeness (QED) is 0.556. The van der Waals surface area contributed by atoms with Crippen LogP contribution in [0.5, 0.6) is 5.75 Å². The molecule has 4 rings (SSSR count). The minimum atomic E-state index is -0.688. The highest BCUT2D eigenvalue weighted by molar-refractivity contribution is 5.65. The molecule has 0 saturated carbocycles. The normalized spacial score (nSPS) is 12.3. The lowest BCUT2D eigenvalue weighted by molar-refractivity contribution is 0.432. The van der Waals surface area contributed by atoms with E-state index in [0.29, 0.717) is 22.7 Å². The molecule has 0 bridgehead atoms. The fourth-order valence-electron chi connectivity index (χ4n) is 2.90. The SMILES string of the molecule is CC(Nc1ccc2ncc(-c3ccc(F)c(O)c3)n2n1)c1cccc(F)c1. The average Bonchev–Trinajstić information content (AvgIpc) is 3.07. The Hall–Kier alpha value is -3.48. The maximum Gasteiger partial charge on any atom is 0.164 e. The first-order valence-electron chi connectivity index (χ1n) is 8.37. The van der Waals surface area contributed by atoms with Crippen molar-refractivity contribution in [1.82, 2.24) is 14.6 Å². The maximum absolute atomic E-state index is 13.4. The molecule has 4 aromatic rings. The molecule has 7 heteroatoms. The fourth-order valence-corrected chi connectivity index (χ4v) is 2.90. The number of nitrogens with one attached hydrogen (secondary N) is 1. The van der Waals surface area contributed by atoms with Crippen LogP contribution in [0.2, 0.25) is 0 Å². The monoisotopic (exact) mass is 366 g/mol. The van der Waals surface area contributed by atoms with Crippen molar-refractivity contribution in [2.24, 2.45) is 0 Å². The first kappa shape index (κ1) is 17.0. The molecule has 2 N–H and O–H groups in total. The van der Waals surface area contributed by atoms with Crippen LogP contribution >= 0.6 is 0 Å². The Morgan fingerprint density at radius 3 is 2.70 bits per heavy atom. The molecule has 1 atom stereocenters. The first-order valence-corrected chi connectivity index (χ1v) is 8.37. The number of hydrogen-bond donors (Lipinski definition) is 2. The fraction of sp³-hybridized carbons (Fsp3) is 0.100. The van der Waals surface area contributed by atoms with Crippen LogP contribution in [0.25, 0.3) is 16.9 Å². The minimum Gasteiger partial charge on any atom is -0.505 e. The molecule has 27 heavy (non-hydrogen) atoms. The van der Waals surface area contributed by atoms with Gasteiger partial charge in [0.15, 0.2) is 17.2 Å². The van der Waals surface area contributed by atoms with Crippen LogP contribution in [0.3, 0.4) is 0 Å². The molecule has 0 spiro atoms. The van der Waals surface area contributed by atoms with E-state index in [0.717, 1.165) is 5.56 Å². The number of aromatic nitrogens is 3. The standard InChI is InChI=1S/C20H16F2N4O/c1-12(13-3-2-4-15(21)9-13)24-19-7-8-20-23-11-17(26(20)25-19)14-5-6-16(22)18(27)10-14/h2-12,27H,1H3,(H,24,25). The Bertz CT molecular complexity index is 1130. The summed E-state index contributed by atoms with van der Waals surface area (Å²) >= 11 is 0. The van der Waals surface area contributed by atoms with Crippen LogP contribution in [-0.2, 0) is 0 Å². The number of nitrogens with zero attached hydrogens (tertiary/aromatic N) is 3. The van der Waals surface area contributed by atoms with Crippen LogP contribution in [0.1, 0.15) is 18.5 Å². The Kier molecular flexibility index (Phi) is 4.19. The second-order valence-electron chi connectivity index (χ2n) is 6.22. The summed E-state index contributed by atoms with van der Waals surface area (Å²) in [7, 11) is 0. The number of halogens is 2. The lowest BCUT2D eigenvalue weighted by atomic mass is 10.1. The molecule has 2 heterocycles. The van der Waals surface area contributed by atoms with E-state index in [1.54, 1.807) is 35.0 Å². The molecule has 0 radical (unpaired) electrons. The smallest absolute Gasteiger partial charge is 0.164 e. The molecule has 0 saturated heterocycles. The van der Waals surface area contributed by atoms with Gasteiger partial charge in [0.2, 0.25) is 0 Å². The van der Waals surface area contributed by atoms with Gasteiger partial charge < -0.3 is 10.4 Å². The molecule has 136 valence electrons. The lowest BCUT2D eigenvalue weighted by Gasteiger charge is -2.15. The highest BCUT2D eigenvalue weighted by atomic mass is 19.1. The molecule has 0 fully saturated rings. The van der Waals surface area contributed by atoms with Crippen molar-refractivity contribution >= 4 is 11.5 Å². The van der Waals surface area contributed by atoms with Crippen molar-refractivity contribution < 1.29 is 13.9 Å². The van der Waals surface area contributed by atoms with E-state index in [9.17, 15) is 13.9 Å². The molecule has 2 aromatic carbocycles. The predicted molar refractivity (Wildman–Crippen MR) is 98.5 cm³/mol. The van der Waals surface area contributed by atoms with E-state index in [1.807, 2.05) is 13.0 Å². The first-order chi connectivity index (χ1) is 13.0. The summed E-state index contributed by atoms with van der Waals surface area (Å²) in [4.78, 5) is 4.28. The number of imidazole rings is 1. The number of phenols is 1. The van der Waals surface area contributed by atoms with Gasteiger partial charge in [-0.05, 0) is 55.0 Å². The molecule has 0 aliphatic carbocycles. The molecule has 1 unspecified atom stereocenters. The Labute approximate surface area is 153 Å². The number of aromatic hydroxyl groups is 1. The predicted octanol–water partition coefficient (Wildman–Crippen LogP) is 4.55. The molecule has 0 aliphatic heterocycles. The number of fused-ring (bicyclic) bond motifs is 1. The largest absolute Gasteiger partial charge is 0.505 e. The topological polar surface area (TPSA) is 62.5 Å². The highest BCUT2D eigenvalue weighted by Crippen LogP contribution is 2.27. The van der Waals surface area contributed by atoms with Crippen molar-refractivity contribution in [1.29, 1.82) is 0 Å². The summed E-state index contributed by atoms with van der Waals surface area (Å²) in [6, 6.07) is 13.9. The maximum atomic E-state index is 13.4. The molecule has 5 nitrogen and oxygen atoms in total. The molecule has 0 aliphatic rings. The number of rotatable bonds is 4. The van der Waals surface area contributed by atoms with Gasteiger partial charge in [-0.3, -0.25) is 0 Å².